The molecule has 2 N–H and O–H groups in total. The number of rotatable bonds is 9. The van der Waals surface area contributed by atoms with Crippen LogP contribution in [0.5, 0.6) is 0 Å². The van der Waals surface area contributed by atoms with Gasteiger partial charge in [0.25, 0.3) is 5.91 Å². The summed E-state index contributed by atoms with van der Waals surface area (Å²) in [6.07, 6.45) is -0.126. The van der Waals surface area contributed by atoms with Gasteiger partial charge in [-0.3, -0.25) is 19.2 Å². The molecule has 0 radical (unpaired) electrons. The maximum atomic E-state index is 12.8. The maximum Gasteiger partial charge on any atom is 0.308 e. The fourth-order valence-electron chi connectivity index (χ4n) is 3.39. The summed E-state index contributed by atoms with van der Waals surface area (Å²) in [7, 11) is 0. The summed E-state index contributed by atoms with van der Waals surface area (Å²) in [5, 5.41) is 5.36. The Hall–Kier alpha value is -4.26. The van der Waals surface area contributed by atoms with Crippen LogP contribution in [-0.2, 0) is 19.1 Å². The Morgan fingerprint density at radius 2 is 1.50 bits per heavy atom. The van der Waals surface area contributed by atoms with Crippen LogP contribution >= 0.6 is 0 Å². The van der Waals surface area contributed by atoms with E-state index < -0.39 is 24.5 Å². The molecule has 174 valence electrons. The standard InChI is InChI=1S/C27H26N2O5/c1-18-12-14-20(15-13-18)24(28-19(2)30)16-26(32)34-17-25(31)29-23-11-7-6-10-22(23)27(33)21-8-4-3-5-9-21/h3-15,24H,16-17H2,1-2H3,(H,28,30)(H,29,31). The van der Waals surface area contributed by atoms with Crippen LogP contribution in [0.15, 0.2) is 78.9 Å². The summed E-state index contributed by atoms with van der Waals surface area (Å²) >= 11 is 0. The summed E-state index contributed by atoms with van der Waals surface area (Å²) in [5.41, 5.74) is 2.97. The number of anilines is 1. The summed E-state index contributed by atoms with van der Waals surface area (Å²) in [5.74, 6) is -1.73. The lowest BCUT2D eigenvalue weighted by molar-refractivity contribution is -0.148. The van der Waals surface area contributed by atoms with Gasteiger partial charge in [0.05, 0.1) is 18.2 Å². The summed E-state index contributed by atoms with van der Waals surface area (Å²) in [6.45, 7) is 2.79. The van der Waals surface area contributed by atoms with E-state index in [0.29, 0.717) is 16.8 Å². The van der Waals surface area contributed by atoms with Crippen molar-refractivity contribution in [3.8, 4) is 0 Å². The van der Waals surface area contributed by atoms with Crippen molar-refractivity contribution < 1.29 is 23.9 Å². The fourth-order valence-corrected chi connectivity index (χ4v) is 3.39. The largest absolute Gasteiger partial charge is 0.455 e. The highest BCUT2D eigenvalue weighted by molar-refractivity contribution is 6.13. The van der Waals surface area contributed by atoms with E-state index in [1.807, 2.05) is 37.3 Å². The zero-order valence-corrected chi connectivity index (χ0v) is 19.0. The van der Waals surface area contributed by atoms with Gasteiger partial charge in [-0.2, -0.15) is 0 Å². The lowest BCUT2D eigenvalue weighted by atomic mass is 10.0. The molecule has 0 heterocycles. The van der Waals surface area contributed by atoms with Gasteiger partial charge in [-0.15, -0.1) is 0 Å². The van der Waals surface area contributed by atoms with Gasteiger partial charge < -0.3 is 15.4 Å². The van der Waals surface area contributed by atoms with E-state index in [1.165, 1.54) is 6.92 Å². The van der Waals surface area contributed by atoms with Gasteiger partial charge in [-0.25, -0.2) is 0 Å². The van der Waals surface area contributed by atoms with Crippen molar-refractivity contribution in [1.29, 1.82) is 0 Å². The zero-order chi connectivity index (χ0) is 24.5. The molecule has 0 fully saturated rings. The predicted octanol–water partition coefficient (Wildman–Crippen LogP) is 3.98. The lowest BCUT2D eigenvalue weighted by Gasteiger charge is -2.18. The highest BCUT2D eigenvalue weighted by Gasteiger charge is 2.20. The SMILES string of the molecule is CC(=O)NC(CC(=O)OCC(=O)Nc1ccccc1C(=O)c1ccccc1)c1ccc(C)cc1. The smallest absolute Gasteiger partial charge is 0.308 e. The Morgan fingerprint density at radius 1 is 0.853 bits per heavy atom. The summed E-state index contributed by atoms with van der Waals surface area (Å²) in [6, 6.07) is 22.2. The Kier molecular flexibility index (Phi) is 8.29. The number of esters is 1. The number of ether oxygens (including phenoxy) is 1. The molecule has 0 bridgehead atoms. The van der Waals surface area contributed by atoms with Crippen molar-refractivity contribution in [2.24, 2.45) is 0 Å². The summed E-state index contributed by atoms with van der Waals surface area (Å²) in [4.78, 5) is 49.2. The third-order valence-corrected chi connectivity index (χ3v) is 5.07. The minimum atomic E-state index is -0.636. The average molecular weight is 459 g/mol. The number of aryl methyl sites for hydroxylation is 1. The quantitative estimate of drug-likeness (QED) is 0.373. The number of hydrogen-bond acceptors (Lipinski definition) is 5. The highest BCUT2D eigenvalue weighted by Crippen LogP contribution is 2.20. The molecule has 3 aromatic carbocycles. The molecule has 34 heavy (non-hydrogen) atoms. The first-order valence-corrected chi connectivity index (χ1v) is 10.8. The van der Waals surface area contributed by atoms with E-state index in [1.54, 1.807) is 48.5 Å². The minimum absolute atomic E-state index is 0.126. The van der Waals surface area contributed by atoms with Gasteiger partial charge in [-0.05, 0) is 24.6 Å². The van der Waals surface area contributed by atoms with Gasteiger partial charge in [0.1, 0.15) is 0 Å². The maximum absolute atomic E-state index is 12.8. The molecule has 3 rings (SSSR count). The molecule has 0 aromatic heterocycles. The van der Waals surface area contributed by atoms with Crippen molar-refractivity contribution in [1.82, 2.24) is 5.32 Å². The number of amides is 2. The van der Waals surface area contributed by atoms with Gasteiger partial charge >= 0.3 is 5.97 Å². The normalized spacial score (nSPS) is 11.2. The molecule has 7 heteroatoms. The first-order chi connectivity index (χ1) is 16.3. The van der Waals surface area contributed by atoms with Crippen molar-refractivity contribution in [2.75, 3.05) is 11.9 Å². The van der Waals surface area contributed by atoms with E-state index >= 15 is 0 Å². The monoisotopic (exact) mass is 458 g/mol. The average Bonchev–Trinajstić information content (AvgIpc) is 2.83. The molecular formula is C27H26N2O5. The molecule has 0 saturated carbocycles. The van der Waals surface area contributed by atoms with E-state index in [4.69, 9.17) is 4.74 Å². The molecule has 0 aliphatic carbocycles. The van der Waals surface area contributed by atoms with Crippen LogP contribution in [0.4, 0.5) is 5.69 Å². The molecule has 0 aliphatic heterocycles. The number of benzene rings is 3. The van der Waals surface area contributed by atoms with E-state index in [2.05, 4.69) is 10.6 Å². The van der Waals surface area contributed by atoms with E-state index in [9.17, 15) is 19.2 Å². The number of para-hydroxylation sites is 1. The third-order valence-electron chi connectivity index (χ3n) is 5.07. The zero-order valence-electron chi connectivity index (χ0n) is 19.0. The van der Waals surface area contributed by atoms with E-state index in [-0.39, 0.29) is 18.1 Å². The topological polar surface area (TPSA) is 102 Å². The molecule has 1 unspecified atom stereocenters. The molecule has 2 amide bonds. The van der Waals surface area contributed by atoms with Crippen LogP contribution in [-0.4, -0.2) is 30.2 Å². The number of carbonyl (C=O) groups is 4. The second kappa shape index (κ2) is 11.6. The Bertz CT molecular complexity index is 1170. The fraction of sp³-hybridized carbons (Fsp3) is 0.185. The van der Waals surface area contributed by atoms with Crippen molar-refractivity contribution in [3.63, 3.8) is 0 Å². The Morgan fingerprint density at radius 3 is 2.18 bits per heavy atom. The van der Waals surface area contributed by atoms with Crippen LogP contribution in [0.3, 0.4) is 0 Å². The number of hydrogen-bond donors (Lipinski definition) is 2. The lowest BCUT2D eigenvalue weighted by Crippen LogP contribution is -2.29. The highest BCUT2D eigenvalue weighted by atomic mass is 16.5. The van der Waals surface area contributed by atoms with Gasteiger partial charge in [0.2, 0.25) is 5.91 Å². The van der Waals surface area contributed by atoms with Crippen molar-refractivity contribution in [2.45, 2.75) is 26.3 Å². The molecule has 0 saturated heterocycles. The molecular weight excluding hydrogens is 432 g/mol. The third kappa shape index (κ3) is 6.87. The number of nitrogens with one attached hydrogen (secondary N) is 2. The summed E-state index contributed by atoms with van der Waals surface area (Å²) < 4.78 is 5.13. The Labute approximate surface area is 198 Å². The molecule has 3 aromatic rings. The molecule has 1 atom stereocenters. The molecule has 0 aliphatic rings. The van der Waals surface area contributed by atoms with Crippen LogP contribution in [0.1, 0.15) is 46.4 Å². The second-order valence-corrected chi connectivity index (χ2v) is 7.82. The first-order valence-electron chi connectivity index (χ1n) is 10.8. The Balaban J connectivity index is 1.60. The first kappa shape index (κ1) is 24.4. The van der Waals surface area contributed by atoms with Crippen LogP contribution in [0, 0.1) is 6.92 Å². The van der Waals surface area contributed by atoms with Gasteiger partial charge in [-0.1, -0.05) is 72.3 Å². The van der Waals surface area contributed by atoms with Crippen LogP contribution in [0.2, 0.25) is 0 Å². The van der Waals surface area contributed by atoms with Crippen LogP contribution in [0.25, 0.3) is 0 Å². The van der Waals surface area contributed by atoms with E-state index in [0.717, 1.165) is 11.1 Å². The second-order valence-electron chi connectivity index (χ2n) is 7.82. The van der Waals surface area contributed by atoms with Crippen molar-refractivity contribution in [3.05, 3.63) is 101 Å². The van der Waals surface area contributed by atoms with Crippen molar-refractivity contribution >= 4 is 29.3 Å². The van der Waals surface area contributed by atoms with Crippen LogP contribution < -0.4 is 10.6 Å². The molecule has 7 nitrogen and oxygen atoms in total. The predicted molar refractivity (Wildman–Crippen MR) is 128 cm³/mol. The van der Waals surface area contributed by atoms with Gasteiger partial charge in [0.15, 0.2) is 12.4 Å². The molecule has 0 spiro atoms. The number of ketones is 1. The van der Waals surface area contributed by atoms with Gasteiger partial charge in [0, 0.05) is 18.1 Å². The number of carbonyl (C=O) groups excluding carboxylic acids is 4. The minimum Gasteiger partial charge on any atom is -0.455 e.